The van der Waals surface area contributed by atoms with E-state index in [-0.39, 0.29) is 11.5 Å². The van der Waals surface area contributed by atoms with Crippen molar-refractivity contribution in [2.75, 3.05) is 50.1 Å². The number of hydrogen-bond donors (Lipinski definition) is 2. The number of nitrogens with one attached hydrogen (secondary N) is 1. The highest BCUT2D eigenvalue weighted by Crippen LogP contribution is 2.32. The first-order valence-corrected chi connectivity index (χ1v) is 11.3. The Kier molecular flexibility index (Phi) is 6.95. The molecule has 0 unspecified atom stereocenters. The Labute approximate surface area is 189 Å². The van der Waals surface area contributed by atoms with E-state index >= 15 is 0 Å². The number of piperidine rings is 1. The normalized spacial score (nSPS) is 19.0. The van der Waals surface area contributed by atoms with Crippen LogP contribution < -0.4 is 15.0 Å². The third-order valence-electron chi connectivity index (χ3n) is 6.42. The van der Waals surface area contributed by atoms with Crippen LogP contribution >= 0.6 is 0 Å². The predicted molar refractivity (Wildman–Crippen MR) is 125 cm³/mol. The van der Waals surface area contributed by atoms with Gasteiger partial charge in [0.15, 0.2) is 0 Å². The zero-order valence-electron chi connectivity index (χ0n) is 18.5. The van der Waals surface area contributed by atoms with Gasteiger partial charge in [-0.2, -0.15) is 0 Å². The van der Waals surface area contributed by atoms with Crippen LogP contribution in [0, 0.1) is 5.92 Å². The Morgan fingerprint density at radius 1 is 1.03 bits per heavy atom. The van der Waals surface area contributed by atoms with Gasteiger partial charge in [-0.3, -0.25) is 4.79 Å². The molecule has 0 aliphatic carbocycles. The maximum atomic E-state index is 12.9. The van der Waals surface area contributed by atoms with Crippen molar-refractivity contribution < 1.29 is 19.4 Å². The molecule has 2 aromatic rings. The molecule has 1 amide bonds. The van der Waals surface area contributed by atoms with E-state index in [4.69, 9.17) is 4.74 Å². The van der Waals surface area contributed by atoms with Gasteiger partial charge in [-0.1, -0.05) is 0 Å². The minimum Gasteiger partial charge on any atom is -0.497 e. The van der Waals surface area contributed by atoms with E-state index < -0.39 is 5.97 Å². The minimum atomic E-state index is -1.01. The third kappa shape index (κ3) is 5.22. The fourth-order valence-corrected chi connectivity index (χ4v) is 4.75. The van der Waals surface area contributed by atoms with Crippen LogP contribution in [0.5, 0.6) is 5.75 Å². The fourth-order valence-electron chi connectivity index (χ4n) is 4.75. The number of anilines is 2. The van der Waals surface area contributed by atoms with Crippen LogP contribution in [-0.2, 0) is 0 Å². The lowest BCUT2D eigenvalue weighted by Gasteiger charge is -2.37. The predicted octanol–water partition coefficient (Wildman–Crippen LogP) is 3.96. The molecule has 0 saturated carbocycles. The molecule has 0 radical (unpaired) electrons. The molecule has 2 heterocycles. The summed E-state index contributed by atoms with van der Waals surface area (Å²) in [7, 11) is 1.58. The molecule has 2 saturated heterocycles. The first-order valence-electron chi connectivity index (χ1n) is 11.3. The van der Waals surface area contributed by atoms with E-state index in [1.807, 2.05) is 6.07 Å². The second-order valence-electron chi connectivity index (χ2n) is 8.68. The van der Waals surface area contributed by atoms with Crippen molar-refractivity contribution in [1.29, 1.82) is 0 Å². The molecule has 4 rings (SSSR count). The fraction of sp³-hybridized carbons (Fsp3) is 0.440. The molecular weight excluding hydrogens is 406 g/mol. The molecular formula is C25H31N3O4. The van der Waals surface area contributed by atoms with Gasteiger partial charge in [-0.25, -0.2) is 4.79 Å². The molecule has 32 heavy (non-hydrogen) atoms. The van der Waals surface area contributed by atoms with Crippen molar-refractivity contribution in [2.45, 2.75) is 25.7 Å². The van der Waals surface area contributed by atoms with Crippen molar-refractivity contribution in [3.8, 4) is 5.75 Å². The zero-order valence-corrected chi connectivity index (χ0v) is 18.5. The Morgan fingerprint density at radius 3 is 2.44 bits per heavy atom. The summed E-state index contributed by atoms with van der Waals surface area (Å²) >= 11 is 0. The molecule has 0 bridgehead atoms. The summed E-state index contributed by atoms with van der Waals surface area (Å²) in [5.41, 5.74) is 2.06. The summed E-state index contributed by atoms with van der Waals surface area (Å²) in [4.78, 5) is 29.3. The molecule has 2 aromatic carbocycles. The van der Waals surface area contributed by atoms with Gasteiger partial charge < -0.3 is 25.0 Å². The van der Waals surface area contributed by atoms with Crippen molar-refractivity contribution in [3.63, 3.8) is 0 Å². The summed E-state index contributed by atoms with van der Waals surface area (Å²) < 4.78 is 5.16. The van der Waals surface area contributed by atoms with Crippen LogP contribution in [-0.4, -0.2) is 61.7 Å². The second kappa shape index (κ2) is 10.0. The van der Waals surface area contributed by atoms with Crippen LogP contribution in [0.3, 0.4) is 0 Å². The van der Waals surface area contributed by atoms with E-state index in [1.54, 1.807) is 43.5 Å². The highest BCUT2D eigenvalue weighted by Gasteiger charge is 2.25. The number of carbonyl (C=O) groups is 2. The molecule has 2 N–H and O–H groups in total. The molecule has 1 atom stereocenters. The SMILES string of the molecule is COc1ccc(C(=O)Nc2cc(C(=O)O)ccc2N2CCC[C@H](CN3CCCC3)C2)cc1. The van der Waals surface area contributed by atoms with Gasteiger partial charge in [0.25, 0.3) is 5.91 Å². The standard InChI is InChI=1S/C25H31N3O4/c1-32-21-9-6-19(7-10-21)24(29)26-22-15-20(25(30)31)8-11-23(22)28-14-4-5-18(17-28)16-27-12-2-3-13-27/h6-11,15,18H,2-5,12-14,16-17H2,1H3,(H,26,29)(H,30,31)/t18-/m1/s1. The van der Waals surface area contributed by atoms with Gasteiger partial charge in [-0.15, -0.1) is 0 Å². The number of ether oxygens (including phenoxy) is 1. The second-order valence-corrected chi connectivity index (χ2v) is 8.68. The number of hydrogen-bond acceptors (Lipinski definition) is 5. The van der Waals surface area contributed by atoms with Gasteiger partial charge in [-0.05, 0) is 87.2 Å². The Hall–Kier alpha value is -3.06. The van der Waals surface area contributed by atoms with Crippen LogP contribution in [0.2, 0.25) is 0 Å². The molecule has 2 fully saturated rings. The topological polar surface area (TPSA) is 82.1 Å². The van der Waals surface area contributed by atoms with Gasteiger partial charge in [0.1, 0.15) is 5.75 Å². The van der Waals surface area contributed by atoms with Gasteiger partial charge in [0.05, 0.1) is 24.0 Å². The number of carboxylic acid groups (broad SMARTS) is 1. The lowest BCUT2D eigenvalue weighted by Crippen LogP contribution is -2.40. The highest BCUT2D eigenvalue weighted by molar-refractivity contribution is 6.06. The number of nitrogens with zero attached hydrogens (tertiary/aromatic N) is 2. The van der Waals surface area contributed by atoms with Crippen molar-refractivity contribution in [3.05, 3.63) is 53.6 Å². The van der Waals surface area contributed by atoms with E-state index in [1.165, 1.54) is 32.4 Å². The minimum absolute atomic E-state index is 0.157. The average molecular weight is 438 g/mol. The van der Waals surface area contributed by atoms with Crippen LogP contribution in [0.4, 0.5) is 11.4 Å². The van der Waals surface area contributed by atoms with E-state index in [2.05, 4.69) is 15.1 Å². The molecule has 170 valence electrons. The number of carboxylic acids is 1. The van der Waals surface area contributed by atoms with Crippen LogP contribution in [0.1, 0.15) is 46.4 Å². The summed E-state index contributed by atoms with van der Waals surface area (Å²) in [6.45, 7) is 5.29. The molecule has 0 aromatic heterocycles. The molecule has 7 nitrogen and oxygen atoms in total. The number of aromatic carboxylic acids is 1. The molecule has 0 spiro atoms. The third-order valence-corrected chi connectivity index (χ3v) is 6.42. The van der Waals surface area contributed by atoms with Crippen LogP contribution in [0.25, 0.3) is 0 Å². The summed E-state index contributed by atoms with van der Waals surface area (Å²) in [5.74, 6) is -0.0391. The summed E-state index contributed by atoms with van der Waals surface area (Å²) in [6, 6.07) is 11.9. The van der Waals surface area contributed by atoms with Gasteiger partial charge in [0.2, 0.25) is 0 Å². The highest BCUT2D eigenvalue weighted by atomic mass is 16.5. The zero-order chi connectivity index (χ0) is 22.5. The number of amides is 1. The lowest BCUT2D eigenvalue weighted by atomic mass is 9.96. The molecule has 7 heteroatoms. The smallest absolute Gasteiger partial charge is 0.335 e. The Bertz CT molecular complexity index is 954. The number of rotatable bonds is 7. The molecule has 2 aliphatic rings. The largest absolute Gasteiger partial charge is 0.497 e. The Morgan fingerprint density at radius 2 is 1.75 bits per heavy atom. The van der Waals surface area contributed by atoms with Gasteiger partial charge >= 0.3 is 5.97 Å². The monoisotopic (exact) mass is 437 g/mol. The first kappa shape index (κ1) is 22.1. The van der Waals surface area contributed by atoms with E-state index in [0.29, 0.717) is 22.9 Å². The summed E-state index contributed by atoms with van der Waals surface area (Å²) in [5, 5.41) is 12.4. The number of benzene rings is 2. The van der Waals surface area contributed by atoms with E-state index in [9.17, 15) is 14.7 Å². The number of carbonyl (C=O) groups excluding carboxylic acids is 1. The average Bonchev–Trinajstić information content (AvgIpc) is 3.32. The maximum absolute atomic E-state index is 12.9. The van der Waals surface area contributed by atoms with Crippen molar-refractivity contribution in [1.82, 2.24) is 4.90 Å². The lowest BCUT2D eigenvalue weighted by molar-refractivity contribution is 0.0696. The quantitative estimate of drug-likeness (QED) is 0.682. The van der Waals surface area contributed by atoms with Gasteiger partial charge in [0, 0.05) is 25.2 Å². The van der Waals surface area contributed by atoms with Crippen LogP contribution in [0.15, 0.2) is 42.5 Å². The molecule has 2 aliphatic heterocycles. The maximum Gasteiger partial charge on any atom is 0.335 e. The van der Waals surface area contributed by atoms with Crippen molar-refractivity contribution >= 4 is 23.3 Å². The Balaban J connectivity index is 1.54. The van der Waals surface area contributed by atoms with Crippen molar-refractivity contribution in [2.24, 2.45) is 5.92 Å². The first-order chi connectivity index (χ1) is 15.5. The number of likely N-dealkylation sites (tertiary alicyclic amines) is 1. The van der Waals surface area contributed by atoms with E-state index in [0.717, 1.165) is 31.7 Å². The number of methoxy groups -OCH3 is 1. The summed E-state index contributed by atoms with van der Waals surface area (Å²) in [6.07, 6.45) is 4.86.